The van der Waals surface area contributed by atoms with Crippen molar-refractivity contribution in [3.8, 4) is 11.5 Å². The summed E-state index contributed by atoms with van der Waals surface area (Å²) in [5, 5.41) is 3.30. The lowest BCUT2D eigenvalue weighted by Crippen LogP contribution is -2.14. The average Bonchev–Trinajstić information content (AvgIpc) is 2.82. The van der Waals surface area contributed by atoms with E-state index in [-0.39, 0.29) is 18.1 Å². The molecule has 1 N–H and O–H groups in total. The summed E-state index contributed by atoms with van der Waals surface area (Å²) in [5.41, 5.74) is 0.463. The summed E-state index contributed by atoms with van der Waals surface area (Å²) >= 11 is 4.67. The predicted molar refractivity (Wildman–Crippen MR) is 95.7 cm³/mol. The first kappa shape index (κ1) is 17.7. The van der Waals surface area contributed by atoms with Crippen LogP contribution in [0.3, 0.4) is 0 Å². The second-order valence-electron chi connectivity index (χ2n) is 5.45. The van der Waals surface area contributed by atoms with Crippen molar-refractivity contribution in [2.45, 2.75) is 39.9 Å². The van der Waals surface area contributed by atoms with E-state index >= 15 is 0 Å². The molecule has 0 spiro atoms. The number of benzene rings is 1. The summed E-state index contributed by atoms with van der Waals surface area (Å²) in [6, 6.07) is 5.19. The smallest absolute Gasteiger partial charge is 0.257 e. The zero-order valence-corrected chi connectivity index (χ0v) is 15.8. The minimum absolute atomic E-state index is 0.00938. The summed E-state index contributed by atoms with van der Waals surface area (Å²) in [6.07, 6.45) is 1.66. The van der Waals surface area contributed by atoms with Crippen LogP contribution in [0.1, 0.15) is 38.1 Å². The van der Waals surface area contributed by atoms with Gasteiger partial charge in [0.1, 0.15) is 11.5 Å². The van der Waals surface area contributed by atoms with Crippen molar-refractivity contribution >= 4 is 38.3 Å². The Labute approximate surface area is 148 Å². The van der Waals surface area contributed by atoms with Gasteiger partial charge in [-0.15, -0.1) is 0 Å². The first-order valence-corrected chi connectivity index (χ1v) is 8.85. The Kier molecular flexibility index (Phi) is 6.01. The third-order valence-electron chi connectivity index (χ3n) is 2.58. The maximum Gasteiger partial charge on any atom is 0.257 e. The van der Waals surface area contributed by atoms with E-state index in [2.05, 4.69) is 26.2 Å². The van der Waals surface area contributed by atoms with Crippen LogP contribution in [0.15, 0.2) is 28.2 Å². The summed E-state index contributed by atoms with van der Waals surface area (Å²) in [4.78, 5) is 16.5. The monoisotopic (exact) mass is 398 g/mol. The van der Waals surface area contributed by atoms with Crippen molar-refractivity contribution in [1.82, 2.24) is 4.98 Å². The first-order valence-electron chi connectivity index (χ1n) is 7.24. The first-order chi connectivity index (χ1) is 10.8. The minimum Gasteiger partial charge on any atom is -0.491 e. The van der Waals surface area contributed by atoms with E-state index in [9.17, 15) is 4.79 Å². The van der Waals surface area contributed by atoms with E-state index in [1.54, 1.807) is 24.4 Å². The van der Waals surface area contributed by atoms with E-state index in [4.69, 9.17) is 9.47 Å². The van der Waals surface area contributed by atoms with Gasteiger partial charge in [-0.05, 0) is 55.8 Å². The molecule has 0 radical (unpaired) electrons. The van der Waals surface area contributed by atoms with Crippen LogP contribution in [0.5, 0.6) is 11.5 Å². The van der Waals surface area contributed by atoms with E-state index in [1.807, 2.05) is 27.7 Å². The highest BCUT2D eigenvalue weighted by Gasteiger charge is 2.13. The molecule has 1 amide bonds. The molecule has 0 aliphatic rings. The molecule has 0 unspecified atom stereocenters. The molecule has 2 rings (SSSR count). The lowest BCUT2D eigenvalue weighted by molar-refractivity contribution is 0.102. The number of hydrogen-bond acceptors (Lipinski definition) is 5. The molecule has 0 bridgehead atoms. The highest BCUT2D eigenvalue weighted by atomic mass is 79.9. The molecule has 2 aromatic rings. The highest BCUT2D eigenvalue weighted by Crippen LogP contribution is 2.27. The molecular formula is C16H19BrN2O3S. The Hall–Kier alpha value is -1.60. The van der Waals surface area contributed by atoms with Crippen molar-refractivity contribution in [2.75, 3.05) is 5.32 Å². The Balaban J connectivity index is 2.25. The van der Waals surface area contributed by atoms with Crippen LogP contribution < -0.4 is 14.8 Å². The maximum absolute atomic E-state index is 12.4. The van der Waals surface area contributed by atoms with Crippen LogP contribution in [-0.4, -0.2) is 23.1 Å². The summed E-state index contributed by atoms with van der Waals surface area (Å²) in [6.45, 7) is 7.73. The molecule has 0 saturated carbocycles. The summed E-state index contributed by atoms with van der Waals surface area (Å²) < 4.78 is 12.3. The number of thiazole rings is 1. The molecule has 0 atom stereocenters. The fourth-order valence-corrected chi connectivity index (χ4v) is 2.97. The minimum atomic E-state index is -0.255. The SMILES string of the molecule is CC(C)Oc1cc(OC(C)C)cc(C(=O)Nc2ncc(Br)s2)c1. The number of aromatic nitrogens is 1. The van der Waals surface area contributed by atoms with Gasteiger partial charge in [-0.1, -0.05) is 11.3 Å². The molecule has 0 aliphatic carbocycles. The number of amides is 1. The van der Waals surface area contributed by atoms with Crippen LogP contribution in [0.25, 0.3) is 0 Å². The molecule has 23 heavy (non-hydrogen) atoms. The zero-order valence-electron chi connectivity index (χ0n) is 13.4. The standard InChI is InChI=1S/C16H19BrN2O3S/c1-9(2)21-12-5-11(6-13(7-12)22-10(3)4)15(20)19-16-18-8-14(17)23-16/h5-10H,1-4H3,(H,18,19,20). The van der Waals surface area contributed by atoms with Gasteiger partial charge in [0.25, 0.3) is 5.91 Å². The largest absolute Gasteiger partial charge is 0.491 e. The molecule has 1 aromatic carbocycles. The third-order valence-corrected chi connectivity index (χ3v) is 3.98. The van der Waals surface area contributed by atoms with Gasteiger partial charge in [0, 0.05) is 11.6 Å². The zero-order chi connectivity index (χ0) is 17.0. The lowest BCUT2D eigenvalue weighted by atomic mass is 10.2. The number of rotatable bonds is 6. The van der Waals surface area contributed by atoms with Crippen molar-refractivity contribution in [2.24, 2.45) is 0 Å². The van der Waals surface area contributed by atoms with Gasteiger partial charge in [0.2, 0.25) is 0 Å². The van der Waals surface area contributed by atoms with Gasteiger partial charge in [0.15, 0.2) is 5.13 Å². The number of hydrogen-bond donors (Lipinski definition) is 1. The van der Waals surface area contributed by atoms with Gasteiger partial charge in [-0.25, -0.2) is 4.98 Å². The Morgan fingerprint density at radius 2 is 1.70 bits per heavy atom. The third kappa shape index (κ3) is 5.51. The van der Waals surface area contributed by atoms with Gasteiger partial charge < -0.3 is 9.47 Å². The van der Waals surface area contributed by atoms with Gasteiger partial charge >= 0.3 is 0 Å². The van der Waals surface area contributed by atoms with Crippen LogP contribution in [0.4, 0.5) is 5.13 Å². The van der Waals surface area contributed by atoms with Crippen molar-refractivity contribution in [3.63, 3.8) is 0 Å². The van der Waals surface area contributed by atoms with Crippen molar-refractivity contribution in [1.29, 1.82) is 0 Å². The second kappa shape index (κ2) is 7.79. The predicted octanol–water partition coefficient (Wildman–Crippen LogP) is 4.73. The molecular weight excluding hydrogens is 380 g/mol. The van der Waals surface area contributed by atoms with Crippen LogP contribution in [0.2, 0.25) is 0 Å². The average molecular weight is 399 g/mol. The number of ether oxygens (including phenoxy) is 2. The van der Waals surface area contributed by atoms with E-state index in [1.165, 1.54) is 11.3 Å². The number of anilines is 1. The van der Waals surface area contributed by atoms with Gasteiger partial charge in [0.05, 0.1) is 22.2 Å². The normalized spacial score (nSPS) is 10.9. The maximum atomic E-state index is 12.4. The molecule has 1 heterocycles. The van der Waals surface area contributed by atoms with Crippen molar-refractivity contribution in [3.05, 3.63) is 33.7 Å². The Morgan fingerprint density at radius 1 is 1.13 bits per heavy atom. The van der Waals surface area contributed by atoms with Crippen LogP contribution >= 0.6 is 27.3 Å². The Bertz CT molecular complexity index is 657. The number of carbonyl (C=O) groups excluding carboxylic acids is 1. The van der Waals surface area contributed by atoms with Crippen LogP contribution in [0, 0.1) is 0 Å². The second-order valence-corrected chi connectivity index (χ2v) is 7.86. The summed E-state index contributed by atoms with van der Waals surface area (Å²) in [7, 11) is 0. The number of nitrogens with one attached hydrogen (secondary N) is 1. The van der Waals surface area contributed by atoms with Gasteiger partial charge in [-0.2, -0.15) is 0 Å². The lowest BCUT2D eigenvalue weighted by Gasteiger charge is -2.15. The van der Waals surface area contributed by atoms with E-state index in [0.717, 1.165) is 3.79 Å². The molecule has 1 aromatic heterocycles. The fourth-order valence-electron chi connectivity index (χ4n) is 1.86. The molecule has 0 saturated heterocycles. The topological polar surface area (TPSA) is 60.5 Å². The molecule has 5 nitrogen and oxygen atoms in total. The van der Waals surface area contributed by atoms with Gasteiger partial charge in [-0.3, -0.25) is 10.1 Å². The molecule has 0 fully saturated rings. The fraction of sp³-hybridized carbons (Fsp3) is 0.375. The highest BCUT2D eigenvalue weighted by molar-refractivity contribution is 9.11. The number of carbonyl (C=O) groups is 1. The van der Waals surface area contributed by atoms with Crippen molar-refractivity contribution < 1.29 is 14.3 Å². The Morgan fingerprint density at radius 3 is 2.13 bits per heavy atom. The molecule has 0 aliphatic heterocycles. The molecule has 124 valence electrons. The van der Waals surface area contributed by atoms with E-state index in [0.29, 0.717) is 22.2 Å². The molecule has 7 heteroatoms. The summed E-state index contributed by atoms with van der Waals surface area (Å²) in [5.74, 6) is 0.946. The number of nitrogens with zero attached hydrogens (tertiary/aromatic N) is 1. The number of halogens is 1. The quantitative estimate of drug-likeness (QED) is 0.763. The van der Waals surface area contributed by atoms with E-state index < -0.39 is 0 Å². The van der Waals surface area contributed by atoms with Crippen LogP contribution in [-0.2, 0) is 0 Å².